The monoisotopic (exact) mass is 306 g/mol. The maximum atomic E-state index is 13.3. The van der Waals surface area contributed by atoms with Crippen LogP contribution in [0.1, 0.15) is 39.2 Å². The molecule has 120 valence electrons. The molecule has 0 spiro atoms. The molecule has 2 rings (SSSR count). The number of nitrogens with zero attached hydrogens (tertiary/aromatic N) is 2. The fourth-order valence-corrected chi connectivity index (χ4v) is 2.50. The lowest BCUT2D eigenvalue weighted by Crippen LogP contribution is -2.38. The van der Waals surface area contributed by atoms with E-state index in [-0.39, 0.29) is 17.8 Å². The number of hydrogen-bond donors (Lipinski definition) is 0. The Bertz CT molecular complexity index is 557. The number of halogens is 1. The van der Waals surface area contributed by atoms with Crippen molar-refractivity contribution in [2.45, 2.75) is 39.7 Å². The summed E-state index contributed by atoms with van der Waals surface area (Å²) in [5.74, 6) is 0.191. The first-order chi connectivity index (χ1) is 10.5. The number of hydrogen-bond acceptors (Lipinski definition) is 3. The number of benzene rings is 1. The van der Waals surface area contributed by atoms with Crippen LogP contribution in [0.25, 0.3) is 0 Å². The van der Waals surface area contributed by atoms with Crippen molar-refractivity contribution in [2.24, 2.45) is 11.1 Å². The fourth-order valence-electron chi connectivity index (χ4n) is 2.50. The summed E-state index contributed by atoms with van der Waals surface area (Å²) in [6.45, 7) is 7.19. The first-order valence-electron chi connectivity index (χ1n) is 7.76. The van der Waals surface area contributed by atoms with Gasteiger partial charge in [0, 0.05) is 24.9 Å². The summed E-state index contributed by atoms with van der Waals surface area (Å²) in [6, 6.07) is 6.33. The number of likely N-dealkylation sites (N-methyl/N-ethyl adjacent to an activating group) is 1. The van der Waals surface area contributed by atoms with Crippen LogP contribution in [0.5, 0.6) is 0 Å². The molecule has 1 aliphatic heterocycles. The molecule has 0 radical (unpaired) electrons. The predicted octanol–water partition coefficient (Wildman–Crippen LogP) is 3.21. The van der Waals surface area contributed by atoms with Crippen molar-refractivity contribution in [1.29, 1.82) is 0 Å². The van der Waals surface area contributed by atoms with Crippen molar-refractivity contribution >= 4 is 11.6 Å². The van der Waals surface area contributed by atoms with Crippen molar-refractivity contribution in [3.8, 4) is 0 Å². The summed E-state index contributed by atoms with van der Waals surface area (Å²) < 4.78 is 13.3. The molecule has 1 heterocycles. The molecule has 1 unspecified atom stereocenters. The zero-order valence-corrected chi connectivity index (χ0v) is 13.4. The summed E-state index contributed by atoms with van der Waals surface area (Å²) in [7, 11) is 0. The SMILES string of the molecule is CCN(CC1CC(c2cccc(F)c2)=NO1)C(=O)CC(C)C. The second kappa shape index (κ2) is 7.38. The van der Waals surface area contributed by atoms with E-state index in [9.17, 15) is 9.18 Å². The summed E-state index contributed by atoms with van der Waals surface area (Å²) >= 11 is 0. The molecule has 1 amide bonds. The maximum absolute atomic E-state index is 13.3. The van der Waals surface area contributed by atoms with E-state index in [0.29, 0.717) is 31.8 Å². The Balaban J connectivity index is 1.92. The Morgan fingerprint density at radius 3 is 2.91 bits per heavy atom. The molecule has 22 heavy (non-hydrogen) atoms. The van der Waals surface area contributed by atoms with Gasteiger partial charge in [-0.25, -0.2) is 4.39 Å². The quantitative estimate of drug-likeness (QED) is 0.810. The molecule has 4 nitrogen and oxygen atoms in total. The highest BCUT2D eigenvalue weighted by molar-refractivity contribution is 6.01. The van der Waals surface area contributed by atoms with Crippen LogP contribution in [0.3, 0.4) is 0 Å². The molecule has 0 N–H and O–H groups in total. The smallest absolute Gasteiger partial charge is 0.222 e. The van der Waals surface area contributed by atoms with Crippen LogP contribution in [0.4, 0.5) is 4.39 Å². The maximum Gasteiger partial charge on any atom is 0.222 e. The minimum absolute atomic E-state index is 0.139. The van der Waals surface area contributed by atoms with Gasteiger partial charge in [-0.15, -0.1) is 0 Å². The molecule has 1 atom stereocenters. The van der Waals surface area contributed by atoms with Crippen molar-refractivity contribution in [3.63, 3.8) is 0 Å². The van der Waals surface area contributed by atoms with Crippen LogP contribution in [0.15, 0.2) is 29.4 Å². The minimum atomic E-state index is -0.286. The van der Waals surface area contributed by atoms with Gasteiger partial charge < -0.3 is 9.74 Å². The highest BCUT2D eigenvalue weighted by Gasteiger charge is 2.26. The third-order valence-electron chi connectivity index (χ3n) is 3.63. The summed E-state index contributed by atoms with van der Waals surface area (Å²) in [6.07, 6.45) is 0.974. The average Bonchev–Trinajstić information content (AvgIpc) is 2.92. The van der Waals surface area contributed by atoms with E-state index >= 15 is 0 Å². The molecular weight excluding hydrogens is 283 g/mol. The fraction of sp³-hybridized carbons (Fsp3) is 0.529. The first kappa shape index (κ1) is 16.5. The van der Waals surface area contributed by atoms with E-state index in [0.717, 1.165) is 11.3 Å². The molecule has 1 aromatic rings. The largest absolute Gasteiger partial charge is 0.390 e. The summed E-state index contributed by atoms with van der Waals surface area (Å²) in [4.78, 5) is 19.4. The first-order valence-corrected chi connectivity index (χ1v) is 7.76. The van der Waals surface area contributed by atoms with Crippen LogP contribution < -0.4 is 0 Å². The van der Waals surface area contributed by atoms with Gasteiger partial charge in [-0.05, 0) is 25.0 Å². The van der Waals surface area contributed by atoms with E-state index in [2.05, 4.69) is 5.16 Å². The Hall–Kier alpha value is -1.91. The standard InChI is InChI=1S/C17H23FN2O2/c1-4-20(17(21)8-12(2)3)11-15-10-16(19-22-15)13-6-5-7-14(18)9-13/h5-7,9,12,15H,4,8,10-11H2,1-3H3. The molecular formula is C17H23FN2O2. The zero-order chi connectivity index (χ0) is 16.1. The predicted molar refractivity (Wildman–Crippen MR) is 84.1 cm³/mol. The molecule has 0 saturated heterocycles. The highest BCUT2D eigenvalue weighted by atomic mass is 19.1. The van der Waals surface area contributed by atoms with Gasteiger partial charge in [0.2, 0.25) is 5.91 Å². The lowest BCUT2D eigenvalue weighted by atomic mass is 10.0. The molecule has 1 aromatic carbocycles. The van der Waals surface area contributed by atoms with Gasteiger partial charge >= 0.3 is 0 Å². The average molecular weight is 306 g/mol. The van der Waals surface area contributed by atoms with Gasteiger partial charge in [0.1, 0.15) is 5.82 Å². The Labute approximate surface area is 130 Å². The van der Waals surface area contributed by atoms with E-state index < -0.39 is 0 Å². The second-order valence-electron chi connectivity index (χ2n) is 6.01. The van der Waals surface area contributed by atoms with Crippen molar-refractivity contribution in [2.75, 3.05) is 13.1 Å². The summed E-state index contributed by atoms with van der Waals surface area (Å²) in [5.41, 5.74) is 1.47. The van der Waals surface area contributed by atoms with Crippen molar-refractivity contribution in [3.05, 3.63) is 35.6 Å². The third kappa shape index (κ3) is 4.29. The molecule has 1 aliphatic rings. The van der Waals surface area contributed by atoms with Gasteiger partial charge in [0.15, 0.2) is 6.10 Å². The van der Waals surface area contributed by atoms with Gasteiger partial charge in [-0.1, -0.05) is 31.1 Å². The number of rotatable bonds is 6. The number of amides is 1. The van der Waals surface area contributed by atoms with E-state index in [1.807, 2.05) is 26.8 Å². The molecule has 0 aromatic heterocycles. The molecule has 5 heteroatoms. The molecule has 0 saturated carbocycles. The lowest BCUT2D eigenvalue weighted by Gasteiger charge is -2.24. The number of carbonyl (C=O) groups excluding carboxylic acids is 1. The third-order valence-corrected chi connectivity index (χ3v) is 3.63. The highest BCUT2D eigenvalue weighted by Crippen LogP contribution is 2.19. The van der Waals surface area contributed by atoms with Crippen molar-refractivity contribution in [1.82, 2.24) is 4.90 Å². The topological polar surface area (TPSA) is 41.9 Å². The van der Waals surface area contributed by atoms with E-state index in [1.54, 1.807) is 11.0 Å². The summed E-state index contributed by atoms with van der Waals surface area (Å²) in [5, 5.41) is 4.05. The molecule has 0 aliphatic carbocycles. The molecule has 0 bridgehead atoms. The molecule has 0 fully saturated rings. The van der Waals surface area contributed by atoms with E-state index in [4.69, 9.17) is 4.84 Å². The van der Waals surface area contributed by atoms with Crippen molar-refractivity contribution < 1.29 is 14.0 Å². The Morgan fingerprint density at radius 1 is 1.50 bits per heavy atom. The van der Waals surface area contributed by atoms with Crippen LogP contribution in [0.2, 0.25) is 0 Å². The van der Waals surface area contributed by atoms with Crippen LogP contribution in [-0.4, -0.2) is 35.7 Å². The number of oxime groups is 1. The normalized spacial score (nSPS) is 17.3. The zero-order valence-electron chi connectivity index (χ0n) is 13.4. The van der Waals surface area contributed by atoms with Gasteiger partial charge in [-0.2, -0.15) is 0 Å². The van der Waals surface area contributed by atoms with Gasteiger partial charge in [0.05, 0.1) is 12.3 Å². The van der Waals surface area contributed by atoms with Gasteiger partial charge in [0.25, 0.3) is 0 Å². The lowest BCUT2D eigenvalue weighted by molar-refractivity contribution is -0.133. The Morgan fingerprint density at radius 2 is 2.27 bits per heavy atom. The van der Waals surface area contributed by atoms with E-state index in [1.165, 1.54) is 12.1 Å². The number of carbonyl (C=O) groups is 1. The van der Waals surface area contributed by atoms with Crippen LogP contribution in [-0.2, 0) is 9.63 Å². The Kier molecular flexibility index (Phi) is 5.52. The minimum Gasteiger partial charge on any atom is -0.390 e. The second-order valence-corrected chi connectivity index (χ2v) is 6.01. The van der Waals surface area contributed by atoms with Gasteiger partial charge in [-0.3, -0.25) is 4.79 Å². The van der Waals surface area contributed by atoms with Crippen LogP contribution in [0, 0.1) is 11.7 Å². The van der Waals surface area contributed by atoms with Crippen LogP contribution >= 0.6 is 0 Å².